The topological polar surface area (TPSA) is 7.76 Å². The molecular formula is C60H60IrN2SSi-2. The van der Waals surface area contributed by atoms with Crippen molar-refractivity contribution >= 4 is 44.8 Å². The Kier molecular flexibility index (Phi) is 14.3. The molecule has 6 aromatic carbocycles. The molecule has 1 unspecified atom stereocenters. The summed E-state index contributed by atoms with van der Waals surface area (Å²) >= 11 is 1.85. The summed E-state index contributed by atoms with van der Waals surface area (Å²) in [6.45, 7) is 25.1. The van der Waals surface area contributed by atoms with Gasteiger partial charge in [-0.2, -0.15) is 37.1 Å². The molecule has 2 nitrogen and oxygen atoms in total. The number of pyridine rings is 2. The molecule has 0 amide bonds. The Morgan fingerprint density at radius 3 is 1.80 bits per heavy atom. The maximum Gasteiger partial charge on any atom is 0.0709 e. The molecule has 0 spiro atoms. The van der Waals surface area contributed by atoms with E-state index >= 15 is 0 Å². The van der Waals surface area contributed by atoms with Crippen LogP contribution in [0.1, 0.15) is 60.1 Å². The van der Waals surface area contributed by atoms with E-state index < -0.39 is 8.07 Å². The minimum absolute atomic E-state index is 0. The molecule has 0 saturated carbocycles. The zero-order valence-electron chi connectivity index (χ0n) is 38.9. The molecular weight excluding hydrogens is 1000 g/mol. The van der Waals surface area contributed by atoms with Gasteiger partial charge < -0.3 is 9.13 Å². The van der Waals surface area contributed by atoms with E-state index in [2.05, 4.69) is 233 Å². The van der Waals surface area contributed by atoms with E-state index in [1.807, 2.05) is 26.5 Å². The molecule has 9 rings (SSSR count). The SMILES string of the molecule is [CH2-]c1cc(-c2ccccc2)ccc1-c1cc(CC(C)C)c([Si](C)(C)C)c[n+]1[CH2-].[CH2-]c1cc(C)c2c(sc3ccc(-c4ccccc4)cc32)c1-c1cc(C(C)c2ccccc2)cc[n+]1[CH2-].[Ir]. The van der Waals surface area contributed by atoms with Crippen LogP contribution in [0.25, 0.3) is 64.9 Å². The molecule has 0 aliphatic carbocycles. The first-order chi connectivity index (χ1) is 30.7. The van der Waals surface area contributed by atoms with Gasteiger partial charge in [0.1, 0.15) is 0 Å². The summed E-state index contributed by atoms with van der Waals surface area (Å²) in [7, 11) is 7.22. The van der Waals surface area contributed by atoms with Crippen LogP contribution < -0.4 is 14.3 Å². The Morgan fingerprint density at radius 2 is 1.20 bits per heavy atom. The molecule has 1 atom stereocenters. The first-order valence-electron chi connectivity index (χ1n) is 22.4. The van der Waals surface area contributed by atoms with Gasteiger partial charge in [-0.25, -0.2) is 0 Å². The van der Waals surface area contributed by atoms with Crippen LogP contribution in [0.15, 0.2) is 164 Å². The normalized spacial score (nSPS) is 11.9. The quantitative estimate of drug-likeness (QED) is 0.0773. The number of hydrogen-bond donors (Lipinski definition) is 0. The van der Waals surface area contributed by atoms with Crippen LogP contribution in [0.4, 0.5) is 0 Å². The summed E-state index contributed by atoms with van der Waals surface area (Å²) in [5.74, 6) is 0.916. The summed E-state index contributed by atoms with van der Waals surface area (Å²) in [6.07, 6.45) is 5.45. The second-order valence-corrected chi connectivity index (χ2v) is 24.8. The fourth-order valence-electron chi connectivity index (χ4n) is 9.08. The van der Waals surface area contributed by atoms with Gasteiger partial charge in [0.05, 0.1) is 31.9 Å². The third-order valence-electron chi connectivity index (χ3n) is 12.4. The number of rotatable bonds is 9. The average molecular weight is 1060 g/mol. The fourth-order valence-corrected chi connectivity index (χ4v) is 12.1. The van der Waals surface area contributed by atoms with Crippen LogP contribution in [0.2, 0.25) is 19.6 Å². The van der Waals surface area contributed by atoms with E-state index in [4.69, 9.17) is 0 Å². The maximum absolute atomic E-state index is 4.48. The van der Waals surface area contributed by atoms with Crippen molar-refractivity contribution in [3.8, 4) is 44.8 Å². The Bertz CT molecular complexity index is 3090. The van der Waals surface area contributed by atoms with Gasteiger partial charge in [0.15, 0.2) is 0 Å². The second kappa shape index (κ2) is 19.7. The molecule has 0 saturated heterocycles. The van der Waals surface area contributed by atoms with E-state index in [0.29, 0.717) is 5.92 Å². The number of fused-ring (bicyclic) bond motifs is 3. The zero-order valence-corrected chi connectivity index (χ0v) is 43.1. The molecule has 0 aliphatic heterocycles. The molecule has 0 aliphatic rings. The van der Waals surface area contributed by atoms with E-state index in [-0.39, 0.29) is 26.0 Å². The van der Waals surface area contributed by atoms with E-state index in [1.54, 1.807) is 0 Å². The average Bonchev–Trinajstić information content (AvgIpc) is 3.67. The van der Waals surface area contributed by atoms with Gasteiger partial charge in [-0.1, -0.05) is 196 Å². The number of aromatic nitrogens is 2. The van der Waals surface area contributed by atoms with Crippen LogP contribution in [0.5, 0.6) is 0 Å². The van der Waals surface area contributed by atoms with Crippen molar-refractivity contribution in [2.45, 2.75) is 59.7 Å². The van der Waals surface area contributed by atoms with Crippen LogP contribution in [-0.2, 0) is 26.5 Å². The first-order valence-corrected chi connectivity index (χ1v) is 26.7. The minimum Gasteiger partial charge on any atom is -0.343 e. The van der Waals surface area contributed by atoms with Crippen LogP contribution in [-0.4, -0.2) is 8.07 Å². The molecule has 3 aromatic heterocycles. The standard InChI is InChI=1S/C34H28NS.C26H32NSi.Ir/c1-22-19-23(2)33(30-21-27(17-18-35(30)4)24(3)25-11-7-5-8-12-25)34-32(22)29-20-28(15-16-31(29)36-34)26-13-9-6-10-14-26;1-19(2)15-23-17-25(27(4)18-26(23)28(5,6)7)24-14-13-22(16-20(24)3)21-11-9-8-10-12-21;/h5-21,24H,2,4H2,1,3H3;8-14,16-19H,3-4,15H2,1-2,5-7H3;/q2*-1;. The predicted octanol–water partition coefficient (Wildman–Crippen LogP) is 14.8. The maximum atomic E-state index is 4.48. The Morgan fingerprint density at radius 1 is 0.600 bits per heavy atom. The largest absolute Gasteiger partial charge is 0.343 e. The fraction of sp³-hybridized carbons (Fsp3) is 0.167. The Labute approximate surface area is 407 Å². The number of aryl methyl sites for hydroxylation is 1. The summed E-state index contributed by atoms with van der Waals surface area (Å²) in [4.78, 5) is 0. The summed E-state index contributed by atoms with van der Waals surface area (Å²) in [5.41, 5.74) is 16.9. The van der Waals surface area contributed by atoms with E-state index in [1.165, 1.54) is 75.4 Å². The van der Waals surface area contributed by atoms with Crippen molar-refractivity contribution in [2.24, 2.45) is 5.92 Å². The molecule has 5 heteroatoms. The van der Waals surface area contributed by atoms with Crippen molar-refractivity contribution < 1.29 is 29.2 Å². The smallest absolute Gasteiger partial charge is 0.0709 e. The molecule has 1 radical (unpaired) electrons. The molecule has 9 aromatic rings. The van der Waals surface area contributed by atoms with Crippen molar-refractivity contribution in [1.82, 2.24) is 0 Å². The van der Waals surface area contributed by atoms with Gasteiger partial charge >= 0.3 is 0 Å². The van der Waals surface area contributed by atoms with E-state index in [9.17, 15) is 0 Å². The summed E-state index contributed by atoms with van der Waals surface area (Å²) < 4.78 is 6.61. The Hall–Kier alpha value is -5.81. The van der Waals surface area contributed by atoms with Gasteiger partial charge in [0, 0.05) is 44.8 Å². The predicted molar refractivity (Wildman–Crippen MR) is 279 cm³/mol. The van der Waals surface area contributed by atoms with Gasteiger partial charge in [0.25, 0.3) is 0 Å². The van der Waals surface area contributed by atoms with Crippen molar-refractivity contribution in [3.63, 3.8) is 0 Å². The number of nitrogens with zero attached hydrogens (tertiary/aromatic N) is 2. The monoisotopic (exact) mass is 1060 g/mol. The van der Waals surface area contributed by atoms with Gasteiger partial charge in [0.2, 0.25) is 0 Å². The number of benzene rings is 6. The molecule has 3 heterocycles. The van der Waals surface area contributed by atoms with Crippen molar-refractivity contribution in [3.05, 3.63) is 225 Å². The van der Waals surface area contributed by atoms with Crippen LogP contribution in [0, 0.1) is 40.8 Å². The van der Waals surface area contributed by atoms with Gasteiger partial charge in [-0.3, -0.25) is 0 Å². The van der Waals surface area contributed by atoms with Crippen molar-refractivity contribution in [1.29, 1.82) is 0 Å². The molecule has 65 heavy (non-hydrogen) atoms. The van der Waals surface area contributed by atoms with Crippen molar-refractivity contribution in [2.75, 3.05) is 0 Å². The molecule has 331 valence electrons. The van der Waals surface area contributed by atoms with Crippen LogP contribution >= 0.6 is 11.3 Å². The molecule has 0 N–H and O–H groups in total. The number of hydrogen-bond acceptors (Lipinski definition) is 1. The first kappa shape index (κ1) is 47.2. The molecule has 0 fully saturated rings. The Balaban J connectivity index is 0.000000197. The van der Waals surface area contributed by atoms with Gasteiger partial charge in [-0.15, -0.1) is 23.0 Å². The molecule has 0 bridgehead atoms. The van der Waals surface area contributed by atoms with Crippen LogP contribution in [0.3, 0.4) is 0 Å². The summed E-state index contributed by atoms with van der Waals surface area (Å²) in [5, 5.41) is 4.13. The zero-order chi connectivity index (χ0) is 45.3. The minimum atomic E-state index is -1.44. The summed E-state index contributed by atoms with van der Waals surface area (Å²) in [6, 6.07) is 54.2. The van der Waals surface area contributed by atoms with E-state index in [0.717, 1.165) is 34.5 Å². The van der Waals surface area contributed by atoms with Gasteiger partial charge in [-0.05, 0) is 67.4 Å². The second-order valence-electron chi connectivity index (χ2n) is 18.7. The third-order valence-corrected chi connectivity index (χ3v) is 15.7. The number of thiophene rings is 1. The third kappa shape index (κ3) is 10.1.